The number of nitrogens with one attached hydrogen (secondary N) is 2. The summed E-state index contributed by atoms with van der Waals surface area (Å²) in [5.41, 5.74) is 1.47. The van der Waals surface area contributed by atoms with Crippen LogP contribution in [0, 0.1) is 5.92 Å². The van der Waals surface area contributed by atoms with Gasteiger partial charge in [0.05, 0.1) is 24.6 Å². The molecule has 6 heteroatoms. The molecule has 0 aromatic heterocycles. The predicted molar refractivity (Wildman–Crippen MR) is 76.9 cm³/mol. The molecule has 1 aromatic carbocycles. The fourth-order valence-corrected chi connectivity index (χ4v) is 2.63. The molecule has 1 aromatic rings. The highest BCUT2D eigenvalue weighted by Crippen LogP contribution is 2.34. The van der Waals surface area contributed by atoms with Gasteiger partial charge in [0.15, 0.2) is 0 Å². The Kier molecular flexibility index (Phi) is 4.31. The third-order valence-corrected chi connectivity index (χ3v) is 3.66. The molecule has 0 radical (unpaired) electrons. The van der Waals surface area contributed by atoms with Crippen LogP contribution in [0.5, 0.6) is 0 Å². The van der Waals surface area contributed by atoms with E-state index in [9.17, 15) is 8.42 Å². The first-order valence-electron chi connectivity index (χ1n) is 6.31. The van der Waals surface area contributed by atoms with Crippen LogP contribution in [0.15, 0.2) is 24.3 Å². The average Bonchev–Trinajstić information content (AvgIpc) is 3.10. The Morgan fingerprint density at radius 1 is 1.37 bits per heavy atom. The van der Waals surface area contributed by atoms with Crippen LogP contribution < -0.4 is 10.0 Å². The second kappa shape index (κ2) is 5.79. The highest BCUT2D eigenvalue weighted by Gasteiger charge is 2.31. The van der Waals surface area contributed by atoms with Crippen molar-refractivity contribution in [2.24, 2.45) is 5.92 Å². The number of rotatable bonds is 7. The maximum absolute atomic E-state index is 11.2. The lowest BCUT2D eigenvalue weighted by Gasteiger charge is -2.19. The van der Waals surface area contributed by atoms with Gasteiger partial charge in [0, 0.05) is 12.8 Å². The van der Waals surface area contributed by atoms with Gasteiger partial charge in [-0.1, -0.05) is 6.07 Å². The van der Waals surface area contributed by atoms with Crippen molar-refractivity contribution in [3.05, 3.63) is 24.3 Å². The van der Waals surface area contributed by atoms with E-state index in [0.29, 0.717) is 24.3 Å². The summed E-state index contributed by atoms with van der Waals surface area (Å²) in [5.74, 6) is 0.659. The maximum atomic E-state index is 11.2. The van der Waals surface area contributed by atoms with Crippen LogP contribution in [-0.2, 0) is 14.8 Å². The van der Waals surface area contributed by atoms with Gasteiger partial charge in [0.2, 0.25) is 10.0 Å². The lowest BCUT2D eigenvalue weighted by molar-refractivity contribution is 0.179. The molecule has 1 fully saturated rings. The van der Waals surface area contributed by atoms with Gasteiger partial charge in [-0.05, 0) is 37.0 Å². The summed E-state index contributed by atoms with van der Waals surface area (Å²) in [5, 5.41) is 3.41. The molecule has 2 rings (SSSR count). The number of methoxy groups -OCH3 is 1. The first-order chi connectivity index (χ1) is 8.98. The van der Waals surface area contributed by atoms with Crippen molar-refractivity contribution in [2.75, 3.05) is 30.0 Å². The monoisotopic (exact) mass is 284 g/mol. The molecule has 0 bridgehead atoms. The normalized spacial score (nSPS) is 16.9. The molecule has 1 saturated carbocycles. The van der Waals surface area contributed by atoms with Crippen molar-refractivity contribution >= 4 is 21.4 Å². The molecule has 1 unspecified atom stereocenters. The topological polar surface area (TPSA) is 67.4 Å². The van der Waals surface area contributed by atoms with Crippen LogP contribution in [0.4, 0.5) is 11.4 Å². The average molecular weight is 284 g/mol. The minimum absolute atomic E-state index is 0.290. The fourth-order valence-electron chi connectivity index (χ4n) is 2.07. The molecule has 0 amide bonds. The molecule has 0 saturated heterocycles. The van der Waals surface area contributed by atoms with E-state index in [1.165, 1.54) is 12.8 Å². The summed E-state index contributed by atoms with van der Waals surface area (Å²) in [4.78, 5) is 0. The van der Waals surface area contributed by atoms with Gasteiger partial charge >= 0.3 is 0 Å². The van der Waals surface area contributed by atoms with E-state index >= 15 is 0 Å². The molecule has 0 spiro atoms. The van der Waals surface area contributed by atoms with E-state index in [0.717, 1.165) is 11.9 Å². The number of sulfonamides is 1. The third-order valence-electron chi connectivity index (χ3n) is 3.06. The molecule has 1 atom stereocenters. The van der Waals surface area contributed by atoms with Gasteiger partial charge in [-0.15, -0.1) is 0 Å². The number of hydrogen-bond donors (Lipinski definition) is 2. The molecular weight excluding hydrogens is 264 g/mol. The number of hydrogen-bond acceptors (Lipinski definition) is 4. The fraction of sp³-hybridized carbons (Fsp3) is 0.538. The van der Waals surface area contributed by atoms with Crippen molar-refractivity contribution in [1.29, 1.82) is 0 Å². The van der Waals surface area contributed by atoms with Crippen LogP contribution in [0.25, 0.3) is 0 Å². The van der Waals surface area contributed by atoms with Gasteiger partial charge in [-0.25, -0.2) is 8.42 Å². The van der Waals surface area contributed by atoms with E-state index in [1.807, 2.05) is 12.1 Å². The van der Waals surface area contributed by atoms with Crippen molar-refractivity contribution < 1.29 is 13.2 Å². The minimum atomic E-state index is -3.24. The van der Waals surface area contributed by atoms with E-state index in [4.69, 9.17) is 4.74 Å². The zero-order valence-electron chi connectivity index (χ0n) is 11.2. The summed E-state index contributed by atoms with van der Waals surface area (Å²) in [6.07, 6.45) is 3.59. The van der Waals surface area contributed by atoms with Crippen LogP contribution in [-0.4, -0.2) is 34.4 Å². The van der Waals surface area contributed by atoms with Crippen molar-refractivity contribution in [3.8, 4) is 0 Å². The van der Waals surface area contributed by atoms with Crippen molar-refractivity contribution in [2.45, 2.75) is 18.9 Å². The first kappa shape index (κ1) is 14.1. The van der Waals surface area contributed by atoms with E-state index in [1.54, 1.807) is 19.2 Å². The Balaban J connectivity index is 2.05. The summed E-state index contributed by atoms with van der Waals surface area (Å²) in [6.45, 7) is 0.661. The smallest absolute Gasteiger partial charge is 0.229 e. The lowest BCUT2D eigenvalue weighted by Crippen LogP contribution is -2.27. The second-order valence-electron chi connectivity index (χ2n) is 5.00. The van der Waals surface area contributed by atoms with E-state index in [2.05, 4.69) is 10.0 Å². The molecule has 0 aliphatic heterocycles. The second-order valence-corrected chi connectivity index (χ2v) is 6.75. The third kappa shape index (κ3) is 4.72. The van der Waals surface area contributed by atoms with Gasteiger partial charge in [-0.2, -0.15) is 0 Å². The summed E-state index contributed by atoms with van der Waals surface area (Å²) < 4.78 is 30.1. The minimum Gasteiger partial charge on any atom is -0.383 e. The summed E-state index contributed by atoms with van der Waals surface area (Å²) in [7, 11) is -1.55. The molecule has 1 aliphatic rings. The Morgan fingerprint density at radius 2 is 2.05 bits per heavy atom. The van der Waals surface area contributed by atoms with Gasteiger partial charge in [0.25, 0.3) is 0 Å². The zero-order chi connectivity index (χ0) is 13.9. The van der Waals surface area contributed by atoms with Crippen molar-refractivity contribution in [1.82, 2.24) is 0 Å². The SMILES string of the molecule is COCC(Nc1cccc(NS(C)(=O)=O)c1)C1CC1. The Morgan fingerprint density at radius 3 is 2.63 bits per heavy atom. The number of benzene rings is 1. The lowest BCUT2D eigenvalue weighted by atomic mass is 10.2. The van der Waals surface area contributed by atoms with Crippen molar-refractivity contribution in [3.63, 3.8) is 0 Å². The highest BCUT2D eigenvalue weighted by molar-refractivity contribution is 7.92. The highest BCUT2D eigenvalue weighted by atomic mass is 32.2. The van der Waals surface area contributed by atoms with Crippen LogP contribution in [0.3, 0.4) is 0 Å². The van der Waals surface area contributed by atoms with Gasteiger partial charge < -0.3 is 10.1 Å². The van der Waals surface area contributed by atoms with Crippen LogP contribution in [0.2, 0.25) is 0 Å². The Bertz CT molecular complexity index is 526. The Labute approximate surface area is 114 Å². The largest absolute Gasteiger partial charge is 0.383 e. The zero-order valence-corrected chi connectivity index (χ0v) is 12.0. The van der Waals surface area contributed by atoms with E-state index < -0.39 is 10.0 Å². The first-order valence-corrected chi connectivity index (χ1v) is 8.20. The molecule has 106 valence electrons. The summed E-state index contributed by atoms with van der Waals surface area (Å²) in [6, 6.07) is 7.57. The molecule has 19 heavy (non-hydrogen) atoms. The predicted octanol–water partition coefficient (Wildman–Crippen LogP) is 1.89. The van der Waals surface area contributed by atoms with Gasteiger partial charge in [0.1, 0.15) is 0 Å². The maximum Gasteiger partial charge on any atom is 0.229 e. The molecule has 2 N–H and O–H groups in total. The molecule has 0 heterocycles. The quantitative estimate of drug-likeness (QED) is 0.802. The summed E-state index contributed by atoms with van der Waals surface area (Å²) >= 11 is 0. The Hall–Kier alpha value is -1.27. The van der Waals surface area contributed by atoms with Crippen LogP contribution >= 0.6 is 0 Å². The van der Waals surface area contributed by atoms with E-state index in [-0.39, 0.29) is 0 Å². The molecular formula is C13H20N2O3S. The van der Waals surface area contributed by atoms with Gasteiger partial charge in [-0.3, -0.25) is 4.72 Å². The van der Waals surface area contributed by atoms with Crippen LogP contribution in [0.1, 0.15) is 12.8 Å². The molecule has 1 aliphatic carbocycles. The molecule has 5 nitrogen and oxygen atoms in total. The standard InChI is InChI=1S/C13H20N2O3S/c1-18-9-13(10-6-7-10)14-11-4-3-5-12(8-11)15-19(2,16)17/h3-5,8,10,13-15H,6-7,9H2,1-2H3. The number of anilines is 2. The number of ether oxygens (including phenoxy) is 1.